The van der Waals surface area contributed by atoms with Crippen LogP contribution >= 0.6 is 0 Å². The maximum atomic E-state index is 12.6. The second-order valence-electron chi connectivity index (χ2n) is 10.1. The van der Waals surface area contributed by atoms with Gasteiger partial charge in [0.25, 0.3) is 0 Å². The highest BCUT2D eigenvalue weighted by atomic mass is 16.6. The van der Waals surface area contributed by atoms with Crippen LogP contribution in [-0.4, -0.2) is 92.7 Å². The van der Waals surface area contributed by atoms with Crippen LogP contribution < -0.4 is 16.0 Å². The molecule has 0 unspecified atom stereocenters. The minimum atomic E-state index is -0.770. The molecule has 2 aliphatic heterocycles. The van der Waals surface area contributed by atoms with Gasteiger partial charge >= 0.3 is 6.09 Å². The van der Waals surface area contributed by atoms with Crippen LogP contribution in [0.3, 0.4) is 0 Å². The van der Waals surface area contributed by atoms with Crippen molar-refractivity contribution < 1.29 is 19.4 Å². The Balaban J connectivity index is 1.63. The van der Waals surface area contributed by atoms with E-state index in [4.69, 9.17) is 25.2 Å². The smallest absolute Gasteiger partial charge is 0.410 e. The highest BCUT2D eigenvalue weighted by Crippen LogP contribution is 2.30. The summed E-state index contributed by atoms with van der Waals surface area (Å²) in [5, 5.41) is 13.7. The number of nitrogens with one attached hydrogen (secondary N) is 1. The van der Waals surface area contributed by atoms with E-state index in [9.17, 15) is 9.90 Å². The standard InChI is InChI=1S/C23H34N8O4/c1-15-12-34-8-7-31(15)20-27-17(16-10-25-19(24)26-11-16)9-18(28-20)29-23(14-32)5-6-30(13-23)21(33)35-22(2,3)4/h9-11,15,32H,5-8,12-14H2,1-4H3,(H2,24,25,26)(H,27,28,29)/t15-,23-/m0/s1. The van der Waals surface area contributed by atoms with Crippen LogP contribution in [-0.2, 0) is 9.47 Å². The van der Waals surface area contributed by atoms with Gasteiger partial charge in [0.1, 0.15) is 11.4 Å². The van der Waals surface area contributed by atoms with Gasteiger partial charge in [-0.05, 0) is 34.1 Å². The third-order valence-corrected chi connectivity index (χ3v) is 6.01. The van der Waals surface area contributed by atoms with Crippen molar-refractivity contribution in [3.63, 3.8) is 0 Å². The number of rotatable bonds is 5. The number of amides is 1. The van der Waals surface area contributed by atoms with Gasteiger partial charge in [-0.2, -0.15) is 4.98 Å². The molecule has 1 amide bonds. The molecule has 2 aromatic rings. The van der Waals surface area contributed by atoms with Crippen molar-refractivity contribution in [2.75, 3.05) is 55.4 Å². The Morgan fingerprint density at radius 3 is 2.71 bits per heavy atom. The first kappa shape index (κ1) is 24.9. The molecule has 0 aliphatic carbocycles. The van der Waals surface area contributed by atoms with Crippen molar-refractivity contribution in [2.24, 2.45) is 0 Å². The zero-order valence-corrected chi connectivity index (χ0v) is 20.7. The third kappa shape index (κ3) is 5.88. The number of nitrogens with zero attached hydrogens (tertiary/aromatic N) is 6. The van der Waals surface area contributed by atoms with Crippen molar-refractivity contribution in [2.45, 2.75) is 51.3 Å². The summed E-state index contributed by atoms with van der Waals surface area (Å²) < 4.78 is 11.1. The second kappa shape index (κ2) is 9.78. The number of aliphatic hydroxyl groups is 1. The monoisotopic (exact) mass is 486 g/mol. The number of aromatic nitrogens is 4. The van der Waals surface area contributed by atoms with Gasteiger partial charge < -0.3 is 35.4 Å². The number of anilines is 3. The quantitative estimate of drug-likeness (QED) is 0.564. The summed E-state index contributed by atoms with van der Waals surface area (Å²) in [4.78, 5) is 34.0. The number of carbonyl (C=O) groups excluding carboxylic acids is 1. The first-order valence-electron chi connectivity index (χ1n) is 11.8. The summed E-state index contributed by atoms with van der Waals surface area (Å²) in [6, 6.07) is 1.88. The van der Waals surface area contributed by atoms with E-state index in [0.717, 1.165) is 0 Å². The normalized spacial score (nSPS) is 22.8. The van der Waals surface area contributed by atoms with E-state index in [-0.39, 0.29) is 25.1 Å². The van der Waals surface area contributed by atoms with Gasteiger partial charge in [-0.15, -0.1) is 0 Å². The molecule has 4 heterocycles. The molecule has 2 aromatic heterocycles. The molecule has 0 spiro atoms. The number of carbonyl (C=O) groups is 1. The van der Waals surface area contributed by atoms with Gasteiger partial charge in [-0.1, -0.05) is 0 Å². The van der Waals surface area contributed by atoms with Gasteiger partial charge in [0, 0.05) is 43.7 Å². The molecule has 0 saturated carbocycles. The zero-order valence-electron chi connectivity index (χ0n) is 20.7. The maximum absolute atomic E-state index is 12.6. The van der Waals surface area contributed by atoms with E-state index >= 15 is 0 Å². The molecule has 4 N–H and O–H groups in total. The van der Waals surface area contributed by atoms with Crippen molar-refractivity contribution in [1.82, 2.24) is 24.8 Å². The minimum Gasteiger partial charge on any atom is -0.444 e. The maximum Gasteiger partial charge on any atom is 0.410 e. The molecule has 2 saturated heterocycles. The Kier molecular flexibility index (Phi) is 6.95. The zero-order chi connectivity index (χ0) is 25.2. The Morgan fingerprint density at radius 1 is 1.31 bits per heavy atom. The fourth-order valence-corrected chi connectivity index (χ4v) is 4.17. The number of hydrogen-bond donors (Lipinski definition) is 3. The number of likely N-dealkylation sites (tertiary alicyclic amines) is 1. The SMILES string of the molecule is C[C@H]1COCCN1c1nc(N[C@@]2(CO)CCN(C(=O)OC(C)(C)C)C2)cc(-c2cnc(N)nc2)n1. The number of hydrogen-bond acceptors (Lipinski definition) is 11. The Morgan fingerprint density at radius 2 is 2.06 bits per heavy atom. The van der Waals surface area contributed by atoms with Crippen molar-refractivity contribution in [3.8, 4) is 11.3 Å². The van der Waals surface area contributed by atoms with Gasteiger partial charge in [-0.3, -0.25) is 0 Å². The molecule has 0 aromatic carbocycles. The summed E-state index contributed by atoms with van der Waals surface area (Å²) in [7, 11) is 0. The van der Waals surface area contributed by atoms with Crippen LogP contribution in [0, 0.1) is 0 Å². The fraction of sp³-hybridized carbons (Fsp3) is 0.609. The Labute approximate surface area is 204 Å². The average Bonchev–Trinajstić information content (AvgIpc) is 3.23. The molecule has 0 radical (unpaired) electrons. The second-order valence-corrected chi connectivity index (χ2v) is 10.1. The molecule has 35 heavy (non-hydrogen) atoms. The molecule has 12 heteroatoms. The minimum absolute atomic E-state index is 0.0930. The lowest BCUT2D eigenvalue weighted by atomic mass is 10.00. The molecule has 12 nitrogen and oxygen atoms in total. The van der Waals surface area contributed by atoms with Crippen LogP contribution in [0.1, 0.15) is 34.1 Å². The van der Waals surface area contributed by atoms with E-state index in [1.165, 1.54) is 0 Å². The number of morpholine rings is 1. The molecular formula is C23H34N8O4. The van der Waals surface area contributed by atoms with E-state index in [0.29, 0.717) is 55.7 Å². The van der Waals surface area contributed by atoms with Gasteiger partial charge in [0.15, 0.2) is 0 Å². The van der Waals surface area contributed by atoms with Gasteiger partial charge in [-0.25, -0.2) is 19.7 Å². The lowest BCUT2D eigenvalue weighted by molar-refractivity contribution is 0.0281. The van der Waals surface area contributed by atoms with Crippen LogP contribution in [0.5, 0.6) is 0 Å². The molecule has 4 rings (SSSR count). The van der Waals surface area contributed by atoms with E-state index in [1.807, 2.05) is 20.8 Å². The predicted molar refractivity (Wildman–Crippen MR) is 131 cm³/mol. The first-order valence-corrected chi connectivity index (χ1v) is 11.8. The summed E-state index contributed by atoms with van der Waals surface area (Å²) >= 11 is 0. The molecule has 2 fully saturated rings. The van der Waals surface area contributed by atoms with E-state index < -0.39 is 17.2 Å². The number of aliphatic hydroxyl groups excluding tert-OH is 1. The average molecular weight is 487 g/mol. The largest absolute Gasteiger partial charge is 0.444 e. The highest BCUT2D eigenvalue weighted by Gasteiger charge is 2.41. The number of nitrogen functional groups attached to an aromatic ring is 1. The van der Waals surface area contributed by atoms with Crippen molar-refractivity contribution >= 4 is 23.8 Å². The van der Waals surface area contributed by atoms with E-state index in [1.54, 1.807) is 23.4 Å². The number of ether oxygens (including phenoxy) is 2. The van der Waals surface area contributed by atoms with Crippen molar-refractivity contribution in [1.29, 1.82) is 0 Å². The third-order valence-electron chi connectivity index (χ3n) is 6.01. The molecule has 0 bridgehead atoms. The van der Waals surface area contributed by atoms with Crippen LogP contribution in [0.4, 0.5) is 22.5 Å². The predicted octanol–water partition coefficient (Wildman–Crippen LogP) is 1.52. The first-order chi connectivity index (χ1) is 16.6. The van der Waals surface area contributed by atoms with Gasteiger partial charge in [0.05, 0.1) is 37.1 Å². The Bertz CT molecular complexity index is 1040. The van der Waals surface area contributed by atoms with Crippen LogP contribution in [0.25, 0.3) is 11.3 Å². The summed E-state index contributed by atoms with van der Waals surface area (Å²) in [5.41, 5.74) is 5.60. The number of nitrogens with two attached hydrogens (primary N) is 1. The summed E-state index contributed by atoms with van der Waals surface area (Å²) in [5.74, 6) is 1.24. The molecular weight excluding hydrogens is 452 g/mol. The van der Waals surface area contributed by atoms with Crippen LogP contribution in [0.2, 0.25) is 0 Å². The summed E-state index contributed by atoms with van der Waals surface area (Å²) in [6.45, 7) is 9.91. The summed E-state index contributed by atoms with van der Waals surface area (Å²) in [6.07, 6.45) is 3.36. The fourth-order valence-electron chi connectivity index (χ4n) is 4.17. The van der Waals surface area contributed by atoms with Crippen molar-refractivity contribution in [3.05, 3.63) is 18.5 Å². The molecule has 2 atom stereocenters. The van der Waals surface area contributed by atoms with Gasteiger partial charge in [0.2, 0.25) is 11.9 Å². The lowest BCUT2D eigenvalue weighted by Crippen LogP contribution is -2.47. The lowest BCUT2D eigenvalue weighted by Gasteiger charge is -2.34. The molecule has 190 valence electrons. The Hall–Kier alpha value is -3.25. The topological polar surface area (TPSA) is 152 Å². The van der Waals surface area contributed by atoms with Crippen LogP contribution in [0.15, 0.2) is 18.5 Å². The molecule has 2 aliphatic rings. The van der Waals surface area contributed by atoms with E-state index in [2.05, 4.69) is 27.1 Å². The highest BCUT2D eigenvalue weighted by molar-refractivity contribution is 5.69.